The lowest BCUT2D eigenvalue weighted by molar-refractivity contribution is -0.129. The van der Waals surface area contributed by atoms with Gasteiger partial charge in [0, 0.05) is 26.0 Å². The molecule has 1 aliphatic rings. The number of carbonyl (C=O) groups is 2. The lowest BCUT2D eigenvalue weighted by Crippen LogP contribution is -2.50. The molecule has 29 heavy (non-hydrogen) atoms. The van der Waals surface area contributed by atoms with Crippen LogP contribution < -0.4 is 10.1 Å². The van der Waals surface area contributed by atoms with Crippen molar-refractivity contribution in [2.75, 3.05) is 0 Å². The number of aldehydes is 1. The molecule has 3 rings (SSSR count). The molecule has 1 atom stereocenters. The summed E-state index contributed by atoms with van der Waals surface area (Å²) in [4.78, 5) is 31.0. The van der Waals surface area contributed by atoms with E-state index in [0.717, 1.165) is 6.20 Å². The zero-order valence-electron chi connectivity index (χ0n) is 15.2. The van der Waals surface area contributed by atoms with Crippen LogP contribution in [-0.4, -0.2) is 34.1 Å². The van der Waals surface area contributed by atoms with Crippen LogP contribution >= 0.6 is 0 Å². The molecule has 0 bridgehead atoms. The standard InChI is InChI=1S/C19H17F4N3O3/c1-18(20,21)17-24-9-13(16(26-17)29-12-5-3-2-4-6-12)15(28)25-14(10-27)11-7-19(22,23)8-11/h2-6,9-11,14H,7-8H2,1H3,(H,25,28). The molecule has 1 aromatic carbocycles. The van der Waals surface area contributed by atoms with Gasteiger partial charge >= 0.3 is 5.92 Å². The first kappa shape index (κ1) is 20.7. The molecule has 1 fully saturated rings. The lowest BCUT2D eigenvalue weighted by Gasteiger charge is -2.38. The summed E-state index contributed by atoms with van der Waals surface area (Å²) in [7, 11) is 0. The summed E-state index contributed by atoms with van der Waals surface area (Å²) in [6.45, 7) is 0.591. The smallest absolute Gasteiger partial charge is 0.303 e. The number of aromatic nitrogens is 2. The van der Waals surface area contributed by atoms with E-state index >= 15 is 0 Å². The number of benzene rings is 1. The van der Waals surface area contributed by atoms with Crippen LogP contribution in [0.1, 0.15) is 35.9 Å². The average molecular weight is 411 g/mol. The van der Waals surface area contributed by atoms with Crippen molar-refractivity contribution in [1.82, 2.24) is 15.3 Å². The third-order valence-corrected chi connectivity index (χ3v) is 4.42. The zero-order chi connectivity index (χ0) is 21.2. The number of ether oxygens (including phenoxy) is 1. The number of hydrogen-bond donors (Lipinski definition) is 1. The van der Waals surface area contributed by atoms with Gasteiger partial charge in [-0.3, -0.25) is 4.79 Å². The summed E-state index contributed by atoms with van der Waals surface area (Å²) in [5, 5.41) is 2.32. The Kier molecular flexibility index (Phi) is 5.54. The van der Waals surface area contributed by atoms with E-state index in [0.29, 0.717) is 13.2 Å². The molecule has 1 unspecified atom stereocenters. The van der Waals surface area contributed by atoms with Gasteiger partial charge in [0.15, 0.2) is 0 Å². The highest BCUT2D eigenvalue weighted by molar-refractivity contribution is 5.97. The number of hydrogen-bond acceptors (Lipinski definition) is 5. The Morgan fingerprint density at radius 2 is 1.97 bits per heavy atom. The number of para-hydroxylation sites is 1. The van der Waals surface area contributed by atoms with Crippen molar-refractivity contribution in [3.63, 3.8) is 0 Å². The van der Waals surface area contributed by atoms with Crippen molar-refractivity contribution in [1.29, 1.82) is 0 Å². The highest BCUT2D eigenvalue weighted by Crippen LogP contribution is 2.43. The molecule has 6 nitrogen and oxygen atoms in total. The van der Waals surface area contributed by atoms with E-state index < -0.39 is 54.3 Å². The predicted octanol–water partition coefficient (Wildman–Crippen LogP) is 3.72. The van der Waals surface area contributed by atoms with Crippen molar-refractivity contribution in [2.45, 2.75) is 37.7 Å². The number of halogens is 4. The third kappa shape index (κ3) is 4.87. The third-order valence-electron chi connectivity index (χ3n) is 4.42. The van der Waals surface area contributed by atoms with Crippen LogP contribution in [0.4, 0.5) is 17.6 Å². The molecular formula is C19H17F4N3O3. The van der Waals surface area contributed by atoms with Gasteiger partial charge in [0.1, 0.15) is 17.6 Å². The summed E-state index contributed by atoms with van der Waals surface area (Å²) >= 11 is 0. The average Bonchev–Trinajstić information content (AvgIpc) is 2.64. The molecule has 1 saturated carbocycles. The molecule has 1 aromatic heterocycles. The number of amides is 1. The van der Waals surface area contributed by atoms with Crippen LogP contribution in [0.5, 0.6) is 11.6 Å². The highest BCUT2D eigenvalue weighted by Gasteiger charge is 2.49. The van der Waals surface area contributed by atoms with Crippen molar-refractivity contribution in [3.05, 3.63) is 47.9 Å². The molecule has 0 spiro atoms. The zero-order valence-corrected chi connectivity index (χ0v) is 15.2. The molecule has 1 N–H and O–H groups in total. The van der Waals surface area contributed by atoms with Gasteiger partial charge in [-0.15, -0.1) is 0 Å². The minimum absolute atomic E-state index is 0.233. The van der Waals surface area contributed by atoms with Gasteiger partial charge in [-0.25, -0.2) is 13.8 Å². The molecule has 10 heteroatoms. The number of alkyl halides is 4. The Hall–Kier alpha value is -3.04. The van der Waals surface area contributed by atoms with E-state index in [1.807, 2.05) is 0 Å². The van der Waals surface area contributed by atoms with E-state index in [1.54, 1.807) is 18.2 Å². The molecule has 1 aliphatic carbocycles. The molecule has 154 valence electrons. The Morgan fingerprint density at radius 1 is 1.31 bits per heavy atom. The molecule has 1 heterocycles. The molecule has 1 amide bonds. The summed E-state index contributed by atoms with van der Waals surface area (Å²) in [6, 6.07) is 6.86. The summed E-state index contributed by atoms with van der Waals surface area (Å²) in [5.74, 6) is -8.92. The highest BCUT2D eigenvalue weighted by atomic mass is 19.3. The molecule has 0 aliphatic heterocycles. The largest absolute Gasteiger partial charge is 0.438 e. The Bertz CT molecular complexity index is 895. The van der Waals surface area contributed by atoms with Crippen LogP contribution in [0.3, 0.4) is 0 Å². The fraction of sp³-hybridized carbons (Fsp3) is 0.368. The SMILES string of the molecule is CC(F)(F)c1ncc(C(=O)NC(C=O)C2CC(F)(F)C2)c(Oc2ccccc2)n1. The minimum Gasteiger partial charge on any atom is -0.438 e. The second-order valence-electron chi connectivity index (χ2n) is 6.88. The van der Waals surface area contributed by atoms with E-state index in [4.69, 9.17) is 4.74 Å². The van der Waals surface area contributed by atoms with E-state index in [-0.39, 0.29) is 11.3 Å². The summed E-state index contributed by atoms with van der Waals surface area (Å²) in [6.07, 6.45) is 0.165. The van der Waals surface area contributed by atoms with E-state index in [9.17, 15) is 27.2 Å². The maximum atomic E-state index is 13.6. The second kappa shape index (κ2) is 7.76. The fourth-order valence-electron chi connectivity index (χ4n) is 2.86. The van der Waals surface area contributed by atoms with Crippen LogP contribution in [0.15, 0.2) is 36.5 Å². The predicted molar refractivity (Wildman–Crippen MR) is 93.1 cm³/mol. The van der Waals surface area contributed by atoms with Crippen molar-refractivity contribution < 1.29 is 31.9 Å². The van der Waals surface area contributed by atoms with Crippen LogP contribution in [0.2, 0.25) is 0 Å². The van der Waals surface area contributed by atoms with Gasteiger partial charge < -0.3 is 14.8 Å². The Labute approximate surface area is 163 Å². The van der Waals surface area contributed by atoms with Crippen molar-refractivity contribution in [2.24, 2.45) is 5.92 Å². The van der Waals surface area contributed by atoms with E-state index in [1.165, 1.54) is 12.1 Å². The van der Waals surface area contributed by atoms with E-state index in [2.05, 4.69) is 15.3 Å². The van der Waals surface area contributed by atoms with Crippen molar-refractivity contribution >= 4 is 12.2 Å². The van der Waals surface area contributed by atoms with Gasteiger partial charge in [0.25, 0.3) is 5.91 Å². The van der Waals surface area contributed by atoms with Crippen LogP contribution in [-0.2, 0) is 10.7 Å². The first-order valence-electron chi connectivity index (χ1n) is 8.71. The lowest BCUT2D eigenvalue weighted by atomic mass is 9.76. The van der Waals surface area contributed by atoms with Gasteiger partial charge in [0.05, 0.1) is 6.04 Å². The molecule has 0 radical (unpaired) electrons. The van der Waals surface area contributed by atoms with Gasteiger partial charge in [-0.2, -0.15) is 13.8 Å². The van der Waals surface area contributed by atoms with Crippen LogP contribution in [0, 0.1) is 5.92 Å². The van der Waals surface area contributed by atoms with Crippen molar-refractivity contribution in [3.8, 4) is 11.6 Å². The summed E-state index contributed by atoms with van der Waals surface area (Å²) < 4.78 is 58.8. The first-order valence-corrected chi connectivity index (χ1v) is 8.71. The normalized spacial score (nSPS) is 17.1. The minimum atomic E-state index is -3.38. The van der Waals surface area contributed by atoms with Crippen LogP contribution in [0.25, 0.3) is 0 Å². The quantitative estimate of drug-likeness (QED) is 0.555. The fourth-order valence-corrected chi connectivity index (χ4v) is 2.86. The second-order valence-corrected chi connectivity index (χ2v) is 6.88. The maximum Gasteiger partial charge on any atom is 0.303 e. The topological polar surface area (TPSA) is 81.2 Å². The number of rotatable bonds is 7. The molecule has 2 aromatic rings. The first-order chi connectivity index (χ1) is 13.6. The van der Waals surface area contributed by atoms with Gasteiger partial charge in [0.2, 0.25) is 17.6 Å². The molecular weight excluding hydrogens is 394 g/mol. The Morgan fingerprint density at radius 3 is 2.52 bits per heavy atom. The van der Waals surface area contributed by atoms with Gasteiger partial charge in [-0.1, -0.05) is 18.2 Å². The maximum absolute atomic E-state index is 13.6. The number of nitrogens with one attached hydrogen (secondary N) is 1. The molecule has 0 saturated heterocycles. The van der Waals surface area contributed by atoms with Gasteiger partial charge in [-0.05, 0) is 18.1 Å². The number of carbonyl (C=O) groups excluding carboxylic acids is 2. The Balaban J connectivity index is 1.86. The monoisotopic (exact) mass is 411 g/mol. The number of nitrogens with zero attached hydrogens (tertiary/aromatic N) is 2. The summed E-state index contributed by atoms with van der Waals surface area (Å²) in [5.41, 5.74) is -0.306.